The largest absolute Gasteiger partial charge is 0.466 e. The second kappa shape index (κ2) is 6.82. The molecule has 0 spiro atoms. The summed E-state index contributed by atoms with van der Waals surface area (Å²) in [6.45, 7) is 12.6. The summed E-state index contributed by atoms with van der Waals surface area (Å²) < 4.78 is 5.65. The molecule has 1 aromatic heterocycles. The van der Waals surface area contributed by atoms with Gasteiger partial charge in [-0.05, 0) is 46.3 Å². The predicted molar refractivity (Wildman–Crippen MR) is 72.4 cm³/mol. The topological polar surface area (TPSA) is 28.4 Å². The van der Waals surface area contributed by atoms with Gasteiger partial charge in [-0.25, -0.2) is 0 Å². The zero-order chi connectivity index (χ0) is 12.8. The summed E-state index contributed by atoms with van der Waals surface area (Å²) in [7, 11) is 2.16. The Morgan fingerprint density at radius 3 is 2.35 bits per heavy atom. The van der Waals surface area contributed by atoms with E-state index in [0.29, 0.717) is 0 Å². The standard InChI is InChI=1S/C14H26N2O/c1-6-7-15-8-9-16(5)10-14-11(2)12(3)17-13(14)4/h15H,6-10H2,1-5H3. The van der Waals surface area contributed by atoms with Gasteiger partial charge in [0.1, 0.15) is 11.5 Å². The van der Waals surface area contributed by atoms with Crippen molar-refractivity contribution in [3.05, 3.63) is 22.6 Å². The molecule has 1 heterocycles. The minimum atomic E-state index is 0.975. The van der Waals surface area contributed by atoms with Crippen molar-refractivity contribution in [3.63, 3.8) is 0 Å². The molecule has 0 saturated carbocycles. The number of furan rings is 1. The van der Waals surface area contributed by atoms with Gasteiger partial charge in [0.05, 0.1) is 0 Å². The smallest absolute Gasteiger partial charge is 0.105 e. The number of hydrogen-bond acceptors (Lipinski definition) is 3. The van der Waals surface area contributed by atoms with Crippen LogP contribution in [0, 0.1) is 20.8 Å². The molecule has 0 fully saturated rings. The highest BCUT2D eigenvalue weighted by Gasteiger charge is 2.12. The molecule has 0 saturated heterocycles. The van der Waals surface area contributed by atoms with Crippen LogP contribution in [0.15, 0.2) is 4.42 Å². The summed E-state index contributed by atoms with van der Waals surface area (Å²) in [5.74, 6) is 2.11. The molecule has 0 atom stereocenters. The van der Waals surface area contributed by atoms with Crippen molar-refractivity contribution in [2.24, 2.45) is 0 Å². The third-order valence-electron chi connectivity index (χ3n) is 3.24. The van der Waals surface area contributed by atoms with Gasteiger partial charge >= 0.3 is 0 Å². The molecule has 1 rings (SSSR count). The fraction of sp³-hybridized carbons (Fsp3) is 0.714. The van der Waals surface area contributed by atoms with Gasteiger partial charge in [0.2, 0.25) is 0 Å². The van der Waals surface area contributed by atoms with E-state index in [9.17, 15) is 0 Å². The van der Waals surface area contributed by atoms with Crippen molar-refractivity contribution >= 4 is 0 Å². The number of hydrogen-bond donors (Lipinski definition) is 1. The maximum atomic E-state index is 5.65. The molecule has 0 aliphatic rings. The Balaban J connectivity index is 2.42. The van der Waals surface area contributed by atoms with Crippen LogP contribution in [0.1, 0.15) is 36.0 Å². The van der Waals surface area contributed by atoms with Crippen molar-refractivity contribution in [3.8, 4) is 0 Å². The molecule has 0 aliphatic heterocycles. The van der Waals surface area contributed by atoms with Gasteiger partial charge in [0, 0.05) is 25.2 Å². The summed E-state index contributed by atoms with van der Waals surface area (Å²) in [5.41, 5.74) is 2.65. The molecule has 0 aliphatic carbocycles. The first kappa shape index (κ1) is 14.3. The summed E-state index contributed by atoms with van der Waals surface area (Å²) in [6.07, 6.45) is 1.20. The van der Waals surface area contributed by atoms with Crippen LogP contribution in [-0.2, 0) is 6.54 Å². The molecular formula is C14H26N2O. The Bertz CT molecular complexity index is 344. The van der Waals surface area contributed by atoms with Gasteiger partial charge in [0.15, 0.2) is 0 Å². The van der Waals surface area contributed by atoms with E-state index in [2.05, 4.69) is 38.0 Å². The van der Waals surface area contributed by atoms with Gasteiger partial charge in [-0.2, -0.15) is 0 Å². The minimum absolute atomic E-state index is 0.975. The highest BCUT2D eigenvalue weighted by atomic mass is 16.3. The van der Waals surface area contributed by atoms with Crippen LogP contribution in [0.5, 0.6) is 0 Å². The Hall–Kier alpha value is -0.800. The lowest BCUT2D eigenvalue weighted by Gasteiger charge is -2.17. The Kier molecular flexibility index (Phi) is 5.72. The van der Waals surface area contributed by atoms with Crippen molar-refractivity contribution in [2.45, 2.75) is 40.7 Å². The second-order valence-corrected chi connectivity index (χ2v) is 4.81. The predicted octanol–water partition coefficient (Wildman–Crippen LogP) is 2.64. The normalized spacial score (nSPS) is 11.4. The lowest BCUT2D eigenvalue weighted by atomic mass is 10.1. The fourth-order valence-electron chi connectivity index (χ4n) is 1.99. The highest BCUT2D eigenvalue weighted by molar-refractivity contribution is 5.31. The lowest BCUT2D eigenvalue weighted by molar-refractivity contribution is 0.321. The number of rotatable bonds is 7. The molecule has 0 bridgehead atoms. The van der Waals surface area contributed by atoms with Crippen molar-refractivity contribution in [1.29, 1.82) is 0 Å². The average molecular weight is 238 g/mol. The van der Waals surface area contributed by atoms with Crippen molar-refractivity contribution < 1.29 is 4.42 Å². The van der Waals surface area contributed by atoms with Crippen LogP contribution < -0.4 is 5.32 Å². The average Bonchev–Trinajstić information content (AvgIpc) is 2.52. The van der Waals surface area contributed by atoms with E-state index in [4.69, 9.17) is 4.42 Å². The third kappa shape index (κ3) is 4.17. The van der Waals surface area contributed by atoms with E-state index >= 15 is 0 Å². The first-order valence-electron chi connectivity index (χ1n) is 6.51. The van der Waals surface area contributed by atoms with E-state index in [-0.39, 0.29) is 0 Å². The third-order valence-corrected chi connectivity index (χ3v) is 3.24. The van der Waals surface area contributed by atoms with Crippen LogP contribution in [-0.4, -0.2) is 31.6 Å². The van der Waals surface area contributed by atoms with Gasteiger partial charge in [-0.3, -0.25) is 0 Å². The molecule has 0 radical (unpaired) electrons. The van der Waals surface area contributed by atoms with Crippen molar-refractivity contribution in [1.82, 2.24) is 10.2 Å². The lowest BCUT2D eigenvalue weighted by Crippen LogP contribution is -2.29. The molecular weight excluding hydrogens is 212 g/mol. The summed E-state index contributed by atoms with van der Waals surface area (Å²) in [6, 6.07) is 0. The first-order chi connectivity index (χ1) is 8.06. The maximum absolute atomic E-state index is 5.65. The van der Waals surface area contributed by atoms with Crippen LogP contribution in [0.25, 0.3) is 0 Å². The van der Waals surface area contributed by atoms with Gasteiger partial charge in [0.25, 0.3) is 0 Å². The summed E-state index contributed by atoms with van der Waals surface area (Å²) in [5, 5.41) is 3.42. The summed E-state index contributed by atoms with van der Waals surface area (Å²) in [4.78, 5) is 2.34. The van der Waals surface area contributed by atoms with Crippen LogP contribution in [0.4, 0.5) is 0 Å². The molecule has 1 N–H and O–H groups in total. The van der Waals surface area contributed by atoms with Crippen LogP contribution in [0.2, 0.25) is 0 Å². The number of likely N-dealkylation sites (N-methyl/N-ethyl adjacent to an activating group) is 1. The van der Waals surface area contributed by atoms with E-state index in [1.54, 1.807) is 0 Å². The molecule has 0 amide bonds. The summed E-state index contributed by atoms with van der Waals surface area (Å²) >= 11 is 0. The SMILES string of the molecule is CCCNCCN(C)Cc1c(C)oc(C)c1C. The quantitative estimate of drug-likeness (QED) is 0.740. The van der Waals surface area contributed by atoms with Gasteiger partial charge in [-0.1, -0.05) is 6.92 Å². The van der Waals surface area contributed by atoms with E-state index in [0.717, 1.165) is 37.7 Å². The molecule has 0 unspecified atom stereocenters. The monoisotopic (exact) mass is 238 g/mol. The molecule has 98 valence electrons. The second-order valence-electron chi connectivity index (χ2n) is 4.81. The molecule has 3 nitrogen and oxygen atoms in total. The maximum Gasteiger partial charge on any atom is 0.105 e. The highest BCUT2D eigenvalue weighted by Crippen LogP contribution is 2.21. The molecule has 17 heavy (non-hydrogen) atoms. The number of aryl methyl sites for hydroxylation is 2. The van der Waals surface area contributed by atoms with Crippen LogP contribution in [0.3, 0.4) is 0 Å². The zero-order valence-electron chi connectivity index (χ0n) is 11.9. The van der Waals surface area contributed by atoms with Gasteiger partial charge in [-0.15, -0.1) is 0 Å². The fourth-order valence-corrected chi connectivity index (χ4v) is 1.99. The zero-order valence-corrected chi connectivity index (χ0v) is 11.9. The molecule has 0 aromatic carbocycles. The van der Waals surface area contributed by atoms with Crippen molar-refractivity contribution in [2.75, 3.05) is 26.7 Å². The van der Waals surface area contributed by atoms with E-state index in [1.165, 1.54) is 17.5 Å². The minimum Gasteiger partial charge on any atom is -0.466 e. The first-order valence-corrected chi connectivity index (χ1v) is 6.51. The Morgan fingerprint density at radius 1 is 1.12 bits per heavy atom. The van der Waals surface area contributed by atoms with E-state index < -0.39 is 0 Å². The Labute approximate surface area is 105 Å². The van der Waals surface area contributed by atoms with Gasteiger partial charge < -0.3 is 14.6 Å². The number of nitrogens with zero attached hydrogens (tertiary/aromatic N) is 1. The van der Waals surface area contributed by atoms with E-state index in [1.807, 2.05) is 6.92 Å². The van der Waals surface area contributed by atoms with Crippen LogP contribution >= 0.6 is 0 Å². The molecule has 3 heteroatoms. The number of nitrogens with one attached hydrogen (secondary N) is 1. The molecule has 1 aromatic rings. The Morgan fingerprint density at radius 2 is 1.82 bits per heavy atom.